The van der Waals surface area contributed by atoms with E-state index < -0.39 is 0 Å². The number of nitrogens with one attached hydrogen (secondary N) is 2. The number of benzene rings is 2. The topological polar surface area (TPSA) is 84.5 Å². The Morgan fingerprint density at radius 2 is 1.87 bits per heavy atom. The number of methoxy groups -OCH3 is 2. The predicted octanol–water partition coefficient (Wildman–Crippen LogP) is 3.82. The Kier molecular flexibility index (Phi) is 6.49. The van der Waals surface area contributed by atoms with Crippen LogP contribution in [0.4, 0.5) is 11.5 Å². The average molecular weight is 422 g/mol. The van der Waals surface area contributed by atoms with Crippen LogP contribution in [0.5, 0.6) is 11.5 Å². The van der Waals surface area contributed by atoms with Crippen LogP contribution >= 0.6 is 0 Å². The molecule has 2 N–H and O–H groups in total. The number of ether oxygens (including phenoxy) is 3. The lowest BCUT2D eigenvalue weighted by Crippen LogP contribution is -2.27. The molecular formula is C23H27N5O3. The molecular weight excluding hydrogens is 394 g/mol. The molecule has 2 heterocycles. The smallest absolute Gasteiger partial charge is 0.163 e. The fourth-order valence-corrected chi connectivity index (χ4v) is 3.37. The lowest BCUT2D eigenvalue weighted by Gasteiger charge is -2.18. The number of hydrogen-bond donors (Lipinski definition) is 2. The van der Waals surface area contributed by atoms with Crippen LogP contribution in [0.25, 0.3) is 21.8 Å². The van der Waals surface area contributed by atoms with Crippen LogP contribution in [-0.2, 0) is 4.74 Å². The van der Waals surface area contributed by atoms with Gasteiger partial charge in [0.05, 0.1) is 19.2 Å². The van der Waals surface area contributed by atoms with Crippen molar-refractivity contribution in [2.24, 2.45) is 0 Å². The number of aromatic nitrogens is 3. The molecule has 4 rings (SSSR count). The first kappa shape index (κ1) is 20.9. The predicted molar refractivity (Wildman–Crippen MR) is 123 cm³/mol. The Hall–Kier alpha value is -3.36. The van der Waals surface area contributed by atoms with Crippen LogP contribution in [-0.4, -0.2) is 67.4 Å². The van der Waals surface area contributed by atoms with Crippen LogP contribution in [0, 0.1) is 0 Å². The van der Waals surface area contributed by atoms with Gasteiger partial charge < -0.3 is 29.4 Å². The van der Waals surface area contributed by atoms with Crippen molar-refractivity contribution < 1.29 is 14.2 Å². The Morgan fingerprint density at radius 1 is 1.00 bits per heavy atom. The molecule has 0 aliphatic carbocycles. The second-order valence-electron chi connectivity index (χ2n) is 7.29. The molecule has 31 heavy (non-hydrogen) atoms. The van der Waals surface area contributed by atoms with E-state index in [2.05, 4.69) is 31.2 Å². The van der Waals surface area contributed by atoms with Gasteiger partial charge in [-0.2, -0.15) is 0 Å². The van der Waals surface area contributed by atoms with Gasteiger partial charge in [0.2, 0.25) is 0 Å². The maximum atomic E-state index is 5.99. The van der Waals surface area contributed by atoms with Crippen LogP contribution in [0.3, 0.4) is 0 Å². The molecule has 8 heteroatoms. The summed E-state index contributed by atoms with van der Waals surface area (Å²) >= 11 is 0. The molecule has 0 radical (unpaired) electrons. The van der Waals surface area contributed by atoms with E-state index in [1.54, 1.807) is 20.5 Å². The number of likely N-dealkylation sites (N-methyl/N-ethyl adjacent to an activating group) is 1. The minimum atomic E-state index is 0.537. The van der Waals surface area contributed by atoms with E-state index in [0.29, 0.717) is 30.5 Å². The van der Waals surface area contributed by atoms with Gasteiger partial charge >= 0.3 is 0 Å². The van der Waals surface area contributed by atoms with Gasteiger partial charge in [0.15, 0.2) is 11.5 Å². The van der Waals surface area contributed by atoms with Crippen LogP contribution in [0.2, 0.25) is 0 Å². The summed E-state index contributed by atoms with van der Waals surface area (Å²) in [4.78, 5) is 14.2. The number of anilines is 2. The molecule has 0 aliphatic heterocycles. The molecule has 0 unspecified atom stereocenters. The zero-order valence-corrected chi connectivity index (χ0v) is 18.0. The van der Waals surface area contributed by atoms with E-state index in [1.165, 1.54) is 0 Å². The second kappa shape index (κ2) is 9.63. The third-order valence-corrected chi connectivity index (χ3v) is 5.14. The van der Waals surface area contributed by atoms with Gasteiger partial charge in [-0.25, -0.2) is 9.97 Å². The number of rotatable bonds is 10. The molecule has 8 nitrogen and oxygen atoms in total. The van der Waals surface area contributed by atoms with Gasteiger partial charge in [0.1, 0.15) is 18.8 Å². The van der Waals surface area contributed by atoms with Crippen molar-refractivity contribution in [1.29, 1.82) is 0 Å². The summed E-state index contributed by atoms with van der Waals surface area (Å²) in [6, 6.07) is 12.0. The highest BCUT2D eigenvalue weighted by Crippen LogP contribution is 2.35. The number of aromatic amines is 1. The largest absolute Gasteiger partial charge is 0.493 e. The van der Waals surface area contributed by atoms with Gasteiger partial charge in [-0.05, 0) is 37.4 Å². The zero-order valence-electron chi connectivity index (χ0n) is 18.0. The zero-order chi connectivity index (χ0) is 21.6. The summed E-state index contributed by atoms with van der Waals surface area (Å²) in [5.41, 5.74) is 2.82. The minimum absolute atomic E-state index is 0.537. The van der Waals surface area contributed by atoms with E-state index in [4.69, 9.17) is 14.2 Å². The lowest BCUT2D eigenvalue weighted by atomic mass is 10.2. The summed E-state index contributed by atoms with van der Waals surface area (Å²) in [5.74, 6) is 2.02. The van der Waals surface area contributed by atoms with Gasteiger partial charge in [-0.1, -0.05) is 0 Å². The van der Waals surface area contributed by atoms with Crippen LogP contribution in [0.1, 0.15) is 0 Å². The fourth-order valence-electron chi connectivity index (χ4n) is 3.37. The number of H-pyrrole nitrogens is 1. The molecule has 0 bridgehead atoms. The fraction of sp³-hybridized carbons (Fsp3) is 0.304. The molecule has 0 atom stereocenters. The SMILES string of the molecule is COCCN(C)CCOc1cc2ncnc(Nc3ccc4[nH]ccc4c3)c2cc1OC. The molecule has 162 valence electrons. The lowest BCUT2D eigenvalue weighted by molar-refractivity contribution is 0.149. The second-order valence-corrected chi connectivity index (χ2v) is 7.29. The van der Waals surface area contributed by atoms with E-state index in [-0.39, 0.29) is 0 Å². The molecule has 0 saturated heterocycles. The number of fused-ring (bicyclic) bond motifs is 2. The number of nitrogens with zero attached hydrogens (tertiary/aromatic N) is 3. The molecule has 4 aromatic rings. The third-order valence-electron chi connectivity index (χ3n) is 5.14. The van der Waals surface area contributed by atoms with Gasteiger partial charge in [0.25, 0.3) is 0 Å². The van der Waals surface area contributed by atoms with Crippen LogP contribution < -0.4 is 14.8 Å². The van der Waals surface area contributed by atoms with E-state index in [9.17, 15) is 0 Å². The van der Waals surface area contributed by atoms with Crippen molar-refractivity contribution in [3.8, 4) is 11.5 Å². The van der Waals surface area contributed by atoms with Gasteiger partial charge in [0, 0.05) is 54.4 Å². The molecule has 0 spiro atoms. The Bertz CT molecular complexity index is 1160. The highest BCUT2D eigenvalue weighted by molar-refractivity contribution is 5.94. The standard InChI is InChI=1S/C23H27N5O3/c1-28(8-10-29-2)9-11-31-22-14-20-18(13-21(22)30-3)23(26-15-25-20)27-17-4-5-19-16(12-17)6-7-24-19/h4-7,12-15,24H,8-11H2,1-3H3,(H,25,26,27). The Balaban J connectivity index is 1.54. The summed E-state index contributed by atoms with van der Waals surface area (Å²) in [6.45, 7) is 2.86. The third kappa shape index (κ3) is 4.87. The Labute approximate surface area is 181 Å². The summed E-state index contributed by atoms with van der Waals surface area (Å²) in [7, 11) is 5.37. The minimum Gasteiger partial charge on any atom is -0.493 e. The first-order valence-corrected chi connectivity index (χ1v) is 10.1. The molecule has 2 aromatic heterocycles. The van der Waals surface area contributed by atoms with Crippen molar-refractivity contribution in [2.75, 3.05) is 52.9 Å². The van der Waals surface area contributed by atoms with Crippen molar-refractivity contribution in [2.45, 2.75) is 0 Å². The quantitative estimate of drug-likeness (QED) is 0.403. The van der Waals surface area contributed by atoms with E-state index in [0.717, 1.165) is 40.6 Å². The first-order valence-electron chi connectivity index (χ1n) is 10.1. The van der Waals surface area contributed by atoms with E-state index >= 15 is 0 Å². The van der Waals surface area contributed by atoms with Gasteiger partial charge in [-0.3, -0.25) is 0 Å². The molecule has 0 saturated carbocycles. The molecule has 0 amide bonds. The summed E-state index contributed by atoms with van der Waals surface area (Å²) in [6.07, 6.45) is 3.48. The normalized spacial score (nSPS) is 11.4. The van der Waals surface area contributed by atoms with Crippen molar-refractivity contribution in [3.05, 3.63) is 48.9 Å². The molecule has 0 aliphatic rings. The summed E-state index contributed by atoms with van der Waals surface area (Å²) in [5, 5.41) is 5.39. The maximum absolute atomic E-state index is 5.99. The highest BCUT2D eigenvalue weighted by atomic mass is 16.5. The Morgan fingerprint density at radius 3 is 2.71 bits per heavy atom. The monoisotopic (exact) mass is 421 g/mol. The number of hydrogen-bond acceptors (Lipinski definition) is 7. The maximum Gasteiger partial charge on any atom is 0.163 e. The van der Waals surface area contributed by atoms with Crippen LogP contribution in [0.15, 0.2) is 48.9 Å². The summed E-state index contributed by atoms with van der Waals surface area (Å²) < 4.78 is 16.7. The molecule has 0 fully saturated rings. The van der Waals surface area contributed by atoms with Gasteiger partial charge in [-0.15, -0.1) is 0 Å². The molecule has 2 aromatic carbocycles. The first-order chi connectivity index (χ1) is 15.2. The van der Waals surface area contributed by atoms with Crippen molar-refractivity contribution in [3.63, 3.8) is 0 Å². The van der Waals surface area contributed by atoms with E-state index in [1.807, 2.05) is 43.6 Å². The highest BCUT2D eigenvalue weighted by Gasteiger charge is 2.12. The van der Waals surface area contributed by atoms with Crippen molar-refractivity contribution >= 4 is 33.3 Å². The average Bonchev–Trinajstić information content (AvgIpc) is 3.25. The van der Waals surface area contributed by atoms with Crippen molar-refractivity contribution in [1.82, 2.24) is 19.9 Å².